The van der Waals surface area contributed by atoms with E-state index in [0.717, 1.165) is 44.6 Å². The van der Waals surface area contributed by atoms with Crippen LogP contribution in [0.3, 0.4) is 0 Å². The highest BCUT2D eigenvalue weighted by Gasteiger charge is 2.25. The van der Waals surface area contributed by atoms with Crippen LogP contribution in [0, 0.1) is 6.92 Å². The van der Waals surface area contributed by atoms with Gasteiger partial charge in [0.2, 0.25) is 5.76 Å². The molecule has 1 saturated carbocycles. The lowest BCUT2D eigenvalue weighted by molar-refractivity contribution is 0.0230. The molecule has 0 aromatic carbocycles. The second-order valence-corrected chi connectivity index (χ2v) is 7.52. The normalized spacial score (nSPS) is 17.7. The molecule has 0 bridgehead atoms. The molecule has 7 heteroatoms. The number of hydrogen-bond donors (Lipinski definition) is 0. The van der Waals surface area contributed by atoms with Gasteiger partial charge in [0.15, 0.2) is 0 Å². The van der Waals surface area contributed by atoms with Gasteiger partial charge in [0.05, 0.1) is 0 Å². The molecule has 0 saturated heterocycles. The van der Waals surface area contributed by atoms with Gasteiger partial charge in [-0.1, -0.05) is 12.8 Å². The topological polar surface area (TPSA) is 73.6 Å². The van der Waals surface area contributed by atoms with Gasteiger partial charge in [-0.2, -0.15) is 0 Å². The van der Waals surface area contributed by atoms with Crippen molar-refractivity contribution in [2.75, 3.05) is 0 Å². The van der Waals surface area contributed by atoms with E-state index in [1.807, 2.05) is 0 Å². The first-order chi connectivity index (χ1) is 9.38. The summed E-state index contributed by atoms with van der Waals surface area (Å²) in [4.78, 5) is 11.8. The van der Waals surface area contributed by atoms with E-state index in [1.54, 1.807) is 0 Å². The smallest absolute Gasteiger partial charge is 0.374 e. The second kappa shape index (κ2) is 6.18. The van der Waals surface area contributed by atoms with Crippen LogP contribution >= 0.6 is 10.7 Å². The predicted molar refractivity (Wildman–Crippen MR) is 73.4 cm³/mol. The third-order valence-electron chi connectivity index (χ3n) is 3.41. The maximum atomic E-state index is 12.0. The summed E-state index contributed by atoms with van der Waals surface area (Å²) in [6.07, 6.45) is 5.95. The molecule has 0 aliphatic heterocycles. The van der Waals surface area contributed by atoms with Crippen LogP contribution in [0.1, 0.15) is 54.8 Å². The number of aryl methyl sites for hydroxylation is 1. The lowest BCUT2D eigenvalue weighted by Crippen LogP contribution is -2.17. The molecule has 2 rings (SSSR count). The quantitative estimate of drug-likeness (QED) is 0.485. The Morgan fingerprint density at radius 1 is 1.30 bits per heavy atom. The molecule has 5 nitrogen and oxygen atoms in total. The van der Waals surface area contributed by atoms with Crippen molar-refractivity contribution >= 4 is 25.7 Å². The minimum Gasteiger partial charge on any atom is -0.457 e. The van der Waals surface area contributed by atoms with Gasteiger partial charge in [-0.3, -0.25) is 0 Å². The summed E-state index contributed by atoms with van der Waals surface area (Å²) in [5.74, 6) is -0.662. The molecule has 0 spiro atoms. The Bertz CT molecular complexity index is 582. The largest absolute Gasteiger partial charge is 0.457 e. The molecule has 0 unspecified atom stereocenters. The zero-order chi connectivity index (χ0) is 14.8. The van der Waals surface area contributed by atoms with E-state index in [2.05, 4.69) is 0 Å². The standard InChI is InChI=1S/C13H17ClO5S/c1-9-12(20(14,16)17)8-11(18-9)13(15)19-10-6-4-2-3-5-7-10/h8,10H,2-7H2,1H3. The van der Waals surface area contributed by atoms with Crippen molar-refractivity contribution in [1.29, 1.82) is 0 Å². The van der Waals surface area contributed by atoms with E-state index in [0.29, 0.717) is 0 Å². The lowest BCUT2D eigenvalue weighted by atomic mass is 10.1. The van der Waals surface area contributed by atoms with Gasteiger partial charge in [-0.05, 0) is 32.6 Å². The van der Waals surface area contributed by atoms with Crippen LogP contribution in [-0.2, 0) is 13.8 Å². The molecule has 112 valence electrons. The fourth-order valence-electron chi connectivity index (χ4n) is 2.38. The van der Waals surface area contributed by atoms with Crippen molar-refractivity contribution < 1.29 is 22.4 Å². The second-order valence-electron chi connectivity index (χ2n) is 4.99. The first-order valence-corrected chi connectivity index (χ1v) is 8.95. The van der Waals surface area contributed by atoms with Crippen LogP contribution in [0.2, 0.25) is 0 Å². The zero-order valence-electron chi connectivity index (χ0n) is 11.2. The maximum absolute atomic E-state index is 12.0. The van der Waals surface area contributed by atoms with E-state index in [1.165, 1.54) is 6.92 Å². The van der Waals surface area contributed by atoms with Crippen molar-refractivity contribution in [3.63, 3.8) is 0 Å². The Hall–Kier alpha value is -1.01. The molecular formula is C13H17ClO5S. The summed E-state index contributed by atoms with van der Waals surface area (Å²) in [6.45, 7) is 1.44. The predicted octanol–water partition coefficient (Wildman–Crippen LogP) is 3.40. The summed E-state index contributed by atoms with van der Waals surface area (Å²) in [7, 11) is 1.34. The first kappa shape index (κ1) is 15.4. The number of rotatable bonds is 3. The van der Waals surface area contributed by atoms with Gasteiger partial charge in [-0.25, -0.2) is 13.2 Å². The molecule has 0 amide bonds. The summed E-state index contributed by atoms with van der Waals surface area (Å²) < 4.78 is 33.1. The zero-order valence-corrected chi connectivity index (χ0v) is 12.8. The molecule has 1 aromatic heterocycles. The Labute approximate surface area is 122 Å². The number of ether oxygens (including phenoxy) is 1. The van der Waals surface area contributed by atoms with E-state index in [9.17, 15) is 13.2 Å². The average Bonchev–Trinajstić information content (AvgIpc) is 2.58. The first-order valence-electron chi connectivity index (χ1n) is 6.64. The van der Waals surface area contributed by atoms with Gasteiger partial charge in [-0.15, -0.1) is 0 Å². The number of furan rings is 1. The molecule has 0 atom stereocenters. The molecule has 1 heterocycles. The maximum Gasteiger partial charge on any atom is 0.374 e. The molecule has 20 heavy (non-hydrogen) atoms. The Kier molecular flexibility index (Phi) is 4.75. The fourth-order valence-corrected chi connectivity index (χ4v) is 3.47. The lowest BCUT2D eigenvalue weighted by Gasteiger charge is -2.14. The van der Waals surface area contributed by atoms with Crippen molar-refractivity contribution in [3.05, 3.63) is 17.6 Å². The van der Waals surface area contributed by atoms with Gasteiger partial charge < -0.3 is 9.15 Å². The SMILES string of the molecule is Cc1oc(C(=O)OC2CCCCCC2)cc1S(=O)(=O)Cl. The van der Waals surface area contributed by atoms with E-state index in [4.69, 9.17) is 19.8 Å². The number of carbonyl (C=O) groups is 1. The van der Waals surface area contributed by atoms with Gasteiger partial charge in [0.1, 0.15) is 16.8 Å². The summed E-state index contributed by atoms with van der Waals surface area (Å²) in [6, 6.07) is 1.12. The van der Waals surface area contributed by atoms with Crippen LogP contribution in [0.5, 0.6) is 0 Å². The summed E-state index contributed by atoms with van der Waals surface area (Å²) in [5, 5.41) is 0. The van der Waals surface area contributed by atoms with Crippen LogP contribution in [0.4, 0.5) is 0 Å². The number of halogens is 1. The third kappa shape index (κ3) is 3.76. The molecule has 1 aliphatic carbocycles. The highest BCUT2D eigenvalue weighted by atomic mass is 35.7. The Morgan fingerprint density at radius 3 is 2.40 bits per heavy atom. The van der Waals surface area contributed by atoms with Crippen molar-refractivity contribution in [2.24, 2.45) is 0 Å². The number of esters is 1. The summed E-state index contributed by atoms with van der Waals surface area (Å²) in [5.41, 5.74) is 0. The minimum atomic E-state index is -3.91. The van der Waals surface area contributed by atoms with Gasteiger partial charge in [0.25, 0.3) is 9.05 Å². The van der Waals surface area contributed by atoms with Gasteiger partial charge in [0, 0.05) is 16.7 Å². The molecule has 1 aromatic rings. The van der Waals surface area contributed by atoms with Crippen molar-refractivity contribution in [2.45, 2.75) is 56.4 Å². The molecule has 0 radical (unpaired) electrons. The van der Waals surface area contributed by atoms with Crippen LogP contribution in [-0.4, -0.2) is 20.5 Å². The number of carbonyl (C=O) groups excluding carboxylic acids is 1. The minimum absolute atomic E-state index is 0.0906. The Balaban J connectivity index is 2.09. The molecule has 0 N–H and O–H groups in total. The molecule has 1 aliphatic rings. The number of hydrogen-bond acceptors (Lipinski definition) is 5. The summed E-state index contributed by atoms with van der Waals surface area (Å²) >= 11 is 0. The average molecular weight is 321 g/mol. The van der Waals surface area contributed by atoms with Gasteiger partial charge >= 0.3 is 5.97 Å². The van der Waals surface area contributed by atoms with Crippen LogP contribution in [0.25, 0.3) is 0 Å². The molecule has 1 fully saturated rings. The fraction of sp³-hybridized carbons (Fsp3) is 0.615. The molecular weight excluding hydrogens is 304 g/mol. The van der Waals surface area contributed by atoms with Crippen molar-refractivity contribution in [3.8, 4) is 0 Å². The van der Waals surface area contributed by atoms with Crippen molar-refractivity contribution in [1.82, 2.24) is 0 Å². The highest BCUT2D eigenvalue weighted by Crippen LogP contribution is 2.25. The van der Waals surface area contributed by atoms with Crippen LogP contribution in [0.15, 0.2) is 15.4 Å². The van der Waals surface area contributed by atoms with E-state index >= 15 is 0 Å². The van der Waals surface area contributed by atoms with E-state index < -0.39 is 15.0 Å². The third-order valence-corrected chi connectivity index (χ3v) is 4.84. The van der Waals surface area contributed by atoms with E-state index in [-0.39, 0.29) is 22.5 Å². The van der Waals surface area contributed by atoms with Crippen LogP contribution < -0.4 is 0 Å². The highest BCUT2D eigenvalue weighted by molar-refractivity contribution is 8.13. The Morgan fingerprint density at radius 2 is 1.90 bits per heavy atom. The monoisotopic (exact) mass is 320 g/mol.